The molecule has 0 aromatic heterocycles. The van der Waals surface area contributed by atoms with Crippen molar-refractivity contribution in [3.05, 3.63) is 22.2 Å². The Kier molecular flexibility index (Phi) is 5.11. The molecule has 1 saturated carbocycles. The van der Waals surface area contributed by atoms with Crippen molar-refractivity contribution in [2.75, 3.05) is 11.9 Å². The lowest BCUT2D eigenvalue weighted by Crippen LogP contribution is -2.11. The molecule has 0 saturated heterocycles. The lowest BCUT2D eigenvalue weighted by molar-refractivity contribution is -0.0497. The summed E-state index contributed by atoms with van der Waals surface area (Å²) in [6, 6.07) is 3.11. The molecule has 6 heteroatoms. The van der Waals surface area contributed by atoms with Gasteiger partial charge in [-0.15, -0.1) is 0 Å². The van der Waals surface area contributed by atoms with E-state index in [1.54, 1.807) is 12.1 Å². The smallest absolute Gasteiger partial charge is 0.387 e. The van der Waals surface area contributed by atoms with Crippen LogP contribution in [0, 0.1) is 5.92 Å². The summed E-state index contributed by atoms with van der Waals surface area (Å²) in [4.78, 5) is 0. The maximum atomic E-state index is 12.2. The topological polar surface area (TPSA) is 21.3 Å². The van der Waals surface area contributed by atoms with Crippen molar-refractivity contribution in [2.45, 2.75) is 32.3 Å². The predicted molar refractivity (Wildman–Crippen MR) is 73.5 cm³/mol. The molecule has 0 heterocycles. The average Bonchev–Trinajstić information content (AvgIpc) is 2.84. The molecular formula is C13H15Cl2F2NO. The monoisotopic (exact) mass is 309 g/mol. The molecule has 0 aliphatic heterocycles. The van der Waals surface area contributed by atoms with Crippen molar-refractivity contribution in [1.82, 2.24) is 0 Å². The summed E-state index contributed by atoms with van der Waals surface area (Å²) in [5, 5.41) is 3.41. The van der Waals surface area contributed by atoms with Gasteiger partial charge in [-0.05, 0) is 30.9 Å². The number of hydrogen-bond acceptors (Lipinski definition) is 2. The van der Waals surface area contributed by atoms with Crippen molar-refractivity contribution in [1.29, 1.82) is 0 Å². The first-order chi connectivity index (χ1) is 9.06. The summed E-state index contributed by atoms with van der Waals surface area (Å²) >= 11 is 11.8. The highest BCUT2D eigenvalue weighted by Crippen LogP contribution is 2.37. The van der Waals surface area contributed by atoms with Gasteiger partial charge in [0, 0.05) is 12.2 Å². The van der Waals surface area contributed by atoms with Crippen LogP contribution in [0.25, 0.3) is 0 Å². The third kappa shape index (κ3) is 4.11. The van der Waals surface area contributed by atoms with Gasteiger partial charge >= 0.3 is 6.61 Å². The van der Waals surface area contributed by atoms with Crippen LogP contribution in [0.5, 0.6) is 5.75 Å². The molecule has 19 heavy (non-hydrogen) atoms. The van der Waals surface area contributed by atoms with Crippen LogP contribution in [0.15, 0.2) is 12.1 Å². The van der Waals surface area contributed by atoms with Crippen molar-refractivity contribution in [2.24, 2.45) is 5.92 Å². The van der Waals surface area contributed by atoms with Crippen molar-refractivity contribution < 1.29 is 13.5 Å². The number of nitrogens with one attached hydrogen (secondary N) is 1. The number of halogens is 4. The standard InChI is InChI=1S/C13H15Cl2F2NO/c14-10-5-9(18-7-8-3-1-2-4-8)6-11(15)12(10)19-13(16)17/h5-6,8,13,18H,1-4,7H2. The molecule has 1 fully saturated rings. The number of rotatable bonds is 5. The van der Waals surface area contributed by atoms with Gasteiger partial charge in [-0.2, -0.15) is 8.78 Å². The average molecular weight is 310 g/mol. The highest BCUT2D eigenvalue weighted by Gasteiger charge is 2.17. The summed E-state index contributed by atoms with van der Waals surface area (Å²) in [5.41, 5.74) is 0.725. The molecule has 1 aliphatic carbocycles. The molecule has 1 aliphatic rings. The Morgan fingerprint density at radius 1 is 1.21 bits per heavy atom. The molecule has 0 spiro atoms. The quantitative estimate of drug-likeness (QED) is 0.807. The molecule has 1 N–H and O–H groups in total. The molecule has 0 bridgehead atoms. The van der Waals surface area contributed by atoms with Crippen molar-refractivity contribution >= 4 is 28.9 Å². The van der Waals surface area contributed by atoms with Gasteiger partial charge in [0.2, 0.25) is 0 Å². The van der Waals surface area contributed by atoms with Gasteiger partial charge in [0.05, 0.1) is 10.0 Å². The third-order valence-corrected chi connectivity index (χ3v) is 3.84. The maximum absolute atomic E-state index is 12.2. The van der Waals surface area contributed by atoms with Crippen LogP contribution in [0.4, 0.5) is 14.5 Å². The molecule has 0 amide bonds. The Labute approximate surface area is 121 Å². The van der Waals surface area contributed by atoms with Gasteiger partial charge in [-0.25, -0.2) is 0 Å². The molecule has 1 aromatic carbocycles. The van der Waals surface area contributed by atoms with Crippen molar-refractivity contribution in [3.8, 4) is 5.75 Å². The van der Waals surface area contributed by atoms with E-state index in [1.165, 1.54) is 25.7 Å². The van der Waals surface area contributed by atoms with Gasteiger partial charge in [-0.3, -0.25) is 0 Å². The number of anilines is 1. The Morgan fingerprint density at radius 3 is 2.32 bits per heavy atom. The van der Waals surface area contributed by atoms with E-state index in [-0.39, 0.29) is 15.8 Å². The first-order valence-electron chi connectivity index (χ1n) is 6.24. The van der Waals surface area contributed by atoms with Gasteiger partial charge in [0.15, 0.2) is 5.75 Å². The summed E-state index contributed by atoms with van der Waals surface area (Å²) in [5.74, 6) is 0.485. The van der Waals surface area contributed by atoms with E-state index in [0.29, 0.717) is 5.92 Å². The number of benzene rings is 1. The van der Waals surface area contributed by atoms with Gasteiger partial charge in [0.1, 0.15) is 0 Å². The summed E-state index contributed by atoms with van der Waals surface area (Å²) in [7, 11) is 0. The zero-order valence-corrected chi connectivity index (χ0v) is 11.8. The summed E-state index contributed by atoms with van der Waals surface area (Å²) < 4.78 is 28.6. The van der Waals surface area contributed by atoms with Crippen LogP contribution in [0.2, 0.25) is 10.0 Å². The predicted octanol–water partition coefficient (Wildman–Crippen LogP) is 5.20. The highest BCUT2D eigenvalue weighted by atomic mass is 35.5. The molecule has 0 radical (unpaired) electrons. The van der Waals surface area contributed by atoms with Crippen LogP contribution in [0.1, 0.15) is 25.7 Å². The number of alkyl halides is 2. The lowest BCUT2D eigenvalue weighted by atomic mass is 10.1. The lowest BCUT2D eigenvalue weighted by Gasteiger charge is -2.14. The van der Waals surface area contributed by atoms with Crippen LogP contribution in [-0.2, 0) is 0 Å². The number of ether oxygens (including phenoxy) is 1. The summed E-state index contributed by atoms with van der Waals surface area (Å²) in [6.07, 6.45) is 4.99. The minimum atomic E-state index is -2.94. The van der Waals surface area contributed by atoms with Crippen LogP contribution >= 0.6 is 23.2 Å². The molecule has 1 aromatic rings. The summed E-state index contributed by atoms with van der Waals surface area (Å²) in [6.45, 7) is -2.09. The third-order valence-electron chi connectivity index (χ3n) is 3.27. The largest absolute Gasteiger partial charge is 0.432 e. The van der Waals surface area contributed by atoms with Crippen LogP contribution in [0.3, 0.4) is 0 Å². The second kappa shape index (κ2) is 6.62. The fraction of sp³-hybridized carbons (Fsp3) is 0.538. The normalized spacial score (nSPS) is 16.1. The first-order valence-corrected chi connectivity index (χ1v) is 6.99. The molecule has 106 valence electrons. The highest BCUT2D eigenvalue weighted by molar-refractivity contribution is 6.37. The van der Waals surface area contributed by atoms with Crippen molar-refractivity contribution in [3.63, 3.8) is 0 Å². The molecular weight excluding hydrogens is 295 g/mol. The van der Waals surface area contributed by atoms with Crippen LogP contribution < -0.4 is 10.1 Å². The zero-order valence-electron chi connectivity index (χ0n) is 10.3. The second-order valence-electron chi connectivity index (χ2n) is 4.68. The Balaban J connectivity index is 2.01. The Bertz CT molecular complexity index is 414. The minimum absolute atomic E-state index is 0.0849. The zero-order chi connectivity index (χ0) is 13.8. The van der Waals surface area contributed by atoms with E-state index in [9.17, 15) is 8.78 Å². The fourth-order valence-electron chi connectivity index (χ4n) is 2.34. The number of hydrogen-bond donors (Lipinski definition) is 1. The SMILES string of the molecule is FC(F)Oc1c(Cl)cc(NCC2CCCC2)cc1Cl. The molecule has 0 atom stereocenters. The van der Waals surface area contributed by atoms with Gasteiger partial charge < -0.3 is 10.1 Å². The molecule has 2 nitrogen and oxygen atoms in total. The Morgan fingerprint density at radius 2 is 1.79 bits per heavy atom. The fourth-order valence-corrected chi connectivity index (χ4v) is 2.92. The van der Waals surface area contributed by atoms with E-state index in [1.807, 2.05) is 0 Å². The molecule has 0 unspecified atom stereocenters. The van der Waals surface area contributed by atoms with E-state index in [2.05, 4.69) is 10.1 Å². The minimum Gasteiger partial charge on any atom is -0.432 e. The second-order valence-corrected chi connectivity index (χ2v) is 5.49. The van der Waals surface area contributed by atoms with Gasteiger partial charge in [-0.1, -0.05) is 36.0 Å². The van der Waals surface area contributed by atoms with E-state index in [4.69, 9.17) is 23.2 Å². The Hall–Kier alpha value is -0.740. The van der Waals surface area contributed by atoms with E-state index in [0.717, 1.165) is 12.2 Å². The van der Waals surface area contributed by atoms with E-state index < -0.39 is 6.61 Å². The maximum Gasteiger partial charge on any atom is 0.387 e. The van der Waals surface area contributed by atoms with Gasteiger partial charge in [0.25, 0.3) is 0 Å². The van der Waals surface area contributed by atoms with Crippen LogP contribution in [-0.4, -0.2) is 13.2 Å². The van der Waals surface area contributed by atoms with E-state index >= 15 is 0 Å². The first kappa shape index (κ1) is 14.7. The molecule has 2 rings (SSSR count).